The van der Waals surface area contributed by atoms with Crippen LogP contribution in [0.25, 0.3) is 0 Å². The van der Waals surface area contributed by atoms with Gasteiger partial charge in [-0.05, 0) is 64.0 Å². The summed E-state index contributed by atoms with van der Waals surface area (Å²) in [4.78, 5) is 43.4. The fourth-order valence-corrected chi connectivity index (χ4v) is 5.43. The first-order valence-corrected chi connectivity index (χ1v) is 13.8. The van der Waals surface area contributed by atoms with Crippen LogP contribution >= 0.6 is 0 Å². The average Bonchev–Trinajstić information content (AvgIpc) is 2.80. The van der Waals surface area contributed by atoms with Crippen LogP contribution in [0, 0.1) is 25.7 Å². The Bertz CT molecular complexity index is 1170. The van der Waals surface area contributed by atoms with Crippen LogP contribution in [-0.2, 0) is 6.42 Å². The smallest absolute Gasteiger partial charge is 0.337 e. The van der Waals surface area contributed by atoms with Crippen LogP contribution in [-0.4, -0.2) is 68.6 Å². The summed E-state index contributed by atoms with van der Waals surface area (Å²) in [5.74, 6) is 1.70. The number of anilines is 2. The van der Waals surface area contributed by atoms with Crippen molar-refractivity contribution < 1.29 is 14.7 Å². The van der Waals surface area contributed by atoms with Gasteiger partial charge in [-0.25, -0.2) is 19.7 Å². The highest BCUT2D eigenvalue weighted by Gasteiger charge is 2.38. The van der Waals surface area contributed by atoms with Gasteiger partial charge < -0.3 is 20.2 Å². The zero-order valence-electron chi connectivity index (χ0n) is 23.7. The van der Waals surface area contributed by atoms with Gasteiger partial charge >= 0.3 is 5.97 Å². The van der Waals surface area contributed by atoms with Crippen LogP contribution in [0.15, 0.2) is 12.3 Å². The Morgan fingerprint density at radius 1 is 1.18 bits per heavy atom. The number of aromatic carboxylic acids is 1. The Kier molecular flexibility index (Phi) is 8.23. The average molecular weight is 523 g/mol. The molecule has 0 aromatic carbocycles. The molecule has 1 saturated carbocycles. The second-order valence-electron chi connectivity index (χ2n) is 11.9. The van der Waals surface area contributed by atoms with Crippen molar-refractivity contribution in [3.8, 4) is 0 Å². The molecule has 4 rings (SSSR count). The Labute approximate surface area is 226 Å². The van der Waals surface area contributed by atoms with Gasteiger partial charge in [0.2, 0.25) is 0 Å². The lowest BCUT2D eigenvalue weighted by Crippen LogP contribution is -2.61. The molecule has 2 fully saturated rings. The fourth-order valence-electron chi connectivity index (χ4n) is 5.43. The number of aromatic nitrogens is 3. The number of carbonyl (C=O) groups excluding carboxylic acids is 1. The van der Waals surface area contributed by atoms with E-state index in [0.717, 1.165) is 36.7 Å². The lowest BCUT2D eigenvalue weighted by molar-refractivity contribution is 0.0506. The minimum absolute atomic E-state index is 0.104. The normalized spacial score (nSPS) is 17.4. The molecule has 1 aliphatic heterocycles. The van der Waals surface area contributed by atoms with Crippen molar-refractivity contribution in [2.45, 2.75) is 79.2 Å². The summed E-state index contributed by atoms with van der Waals surface area (Å²) in [6, 6.07) is 1.83. The highest BCUT2D eigenvalue weighted by atomic mass is 16.4. The predicted molar refractivity (Wildman–Crippen MR) is 149 cm³/mol. The number of piperazine rings is 1. The monoisotopic (exact) mass is 522 g/mol. The third kappa shape index (κ3) is 6.08. The zero-order valence-corrected chi connectivity index (χ0v) is 23.7. The number of hydrogen-bond acceptors (Lipinski definition) is 7. The van der Waals surface area contributed by atoms with E-state index >= 15 is 0 Å². The second-order valence-corrected chi connectivity index (χ2v) is 11.9. The number of aryl methyl sites for hydroxylation is 2. The van der Waals surface area contributed by atoms with E-state index in [1.165, 1.54) is 19.3 Å². The van der Waals surface area contributed by atoms with Crippen LogP contribution in [0.2, 0.25) is 0 Å². The summed E-state index contributed by atoms with van der Waals surface area (Å²) in [5, 5.41) is 12.9. The molecular weight excluding hydrogens is 480 g/mol. The van der Waals surface area contributed by atoms with Crippen molar-refractivity contribution in [2.75, 3.05) is 36.4 Å². The van der Waals surface area contributed by atoms with Crippen molar-refractivity contribution in [1.29, 1.82) is 0 Å². The molecule has 9 heteroatoms. The molecule has 2 N–H and O–H groups in total. The van der Waals surface area contributed by atoms with Gasteiger partial charge in [0.05, 0.1) is 28.7 Å². The fraction of sp³-hybridized carbons (Fsp3) is 0.621. The topological polar surface area (TPSA) is 112 Å². The molecule has 206 valence electrons. The molecule has 38 heavy (non-hydrogen) atoms. The first-order valence-electron chi connectivity index (χ1n) is 13.8. The Morgan fingerprint density at radius 3 is 2.50 bits per heavy atom. The number of amides is 1. The van der Waals surface area contributed by atoms with E-state index in [1.807, 2.05) is 24.8 Å². The lowest BCUT2D eigenvalue weighted by Gasteiger charge is -2.47. The van der Waals surface area contributed by atoms with Gasteiger partial charge in [-0.2, -0.15) is 0 Å². The van der Waals surface area contributed by atoms with Crippen molar-refractivity contribution in [3.63, 3.8) is 0 Å². The van der Waals surface area contributed by atoms with E-state index in [0.29, 0.717) is 48.4 Å². The largest absolute Gasteiger partial charge is 0.478 e. The summed E-state index contributed by atoms with van der Waals surface area (Å²) >= 11 is 0. The number of hydrogen-bond donors (Lipinski definition) is 2. The first kappa shape index (κ1) is 27.8. The van der Waals surface area contributed by atoms with Gasteiger partial charge in [-0.15, -0.1) is 0 Å². The SMILES string of the molecule is Cc1cc(N2CCN(C(=O)c3cnc(NCCC(C)C)c(CC4CCC4)n3)C(C)(C)C2)nc(C)c1C(=O)O. The van der Waals surface area contributed by atoms with Crippen LogP contribution in [0.5, 0.6) is 0 Å². The molecule has 0 spiro atoms. The zero-order chi connectivity index (χ0) is 27.6. The Balaban J connectivity index is 1.51. The molecule has 1 saturated heterocycles. The maximum Gasteiger partial charge on any atom is 0.337 e. The van der Waals surface area contributed by atoms with Gasteiger partial charge in [-0.3, -0.25) is 4.79 Å². The number of nitrogens with zero attached hydrogens (tertiary/aromatic N) is 5. The molecule has 0 atom stereocenters. The maximum atomic E-state index is 13.7. The quantitative estimate of drug-likeness (QED) is 0.486. The van der Waals surface area contributed by atoms with Crippen LogP contribution in [0.1, 0.15) is 91.2 Å². The molecule has 0 unspecified atom stereocenters. The highest BCUT2D eigenvalue weighted by Crippen LogP contribution is 2.32. The summed E-state index contributed by atoms with van der Waals surface area (Å²) in [6.45, 7) is 14.6. The number of carboxylic acids is 1. The molecule has 0 radical (unpaired) electrons. The minimum Gasteiger partial charge on any atom is -0.478 e. The maximum absolute atomic E-state index is 13.7. The predicted octanol–water partition coefficient (Wildman–Crippen LogP) is 4.73. The molecular formula is C29H42N6O3. The lowest BCUT2D eigenvalue weighted by atomic mass is 9.82. The van der Waals surface area contributed by atoms with Gasteiger partial charge in [0.25, 0.3) is 5.91 Å². The standard InChI is InChI=1S/C29H42N6O3/c1-18(2)10-11-30-26-22(15-21-8-7-9-21)33-23(16-31-26)27(36)35-13-12-34(17-29(35,5)6)24-14-19(3)25(28(37)38)20(4)32-24/h14,16,18,21H,7-13,15,17H2,1-6H3,(H,30,31)(H,37,38). The Hall–Kier alpha value is -3.23. The summed E-state index contributed by atoms with van der Waals surface area (Å²) in [5.41, 5.74) is 2.25. The van der Waals surface area contributed by atoms with Crippen molar-refractivity contribution in [3.05, 3.63) is 40.5 Å². The molecule has 2 aromatic rings. The van der Waals surface area contributed by atoms with Crippen LogP contribution < -0.4 is 10.2 Å². The summed E-state index contributed by atoms with van der Waals surface area (Å²) in [6.07, 6.45) is 7.20. The molecule has 3 heterocycles. The second kappa shape index (κ2) is 11.3. The first-order chi connectivity index (χ1) is 18.0. The summed E-state index contributed by atoms with van der Waals surface area (Å²) in [7, 11) is 0. The number of pyridine rings is 1. The van der Waals surface area contributed by atoms with Gasteiger partial charge in [0.1, 0.15) is 17.3 Å². The number of carbonyl (C=O) groups is 2. The van der Waals surface area contributed by atoms with Gasteiger partial charge in [0, 0.05) is 26.2 Å². The van der Waals surface area contributed by atoms with Crippen molar-refractivity contribution in [2.24, 2.45) is 11.8 Å². The van der Waals surface area contributed by atoms with Crippen molar-refractivity contribution >= 4 is 23.5 Å². The number of carboxylic acid groups (broad SMARTS) is 1. The van der Waals surface area contributed by atoms with Crippen LogP contribution in [0.4, 0.5) is 11.6 Å². The van der Waals surface area contributed by atoms with E-state index < -0.39 is 11.5 Å². The van der Waals surface area contributed by atoms with Gasteiger partial charge in [-0.1, -0.05) is 33.1 Å². The summed E-state index contributed by atoms with van der Waals surface area (Å²) < 4.78 is 0. The molecule has 0 bridgehead atoms. The molecule has 9 nitrogen and oxygen atoms in total. The molecule has 2 aromatic heterocycles. The van der Waals surface area contributed by atoms with Crippen LogP contribution in [0.3, 0.4) is 0 Å². The molecule has 1 amide bonds. The highest BCUT2D eigenvalue weighted by molar-refractivity contribution is 5.93. The van der Waals surface area contributed by atoms with E-state index in [9.17, 15) is 14.7 Å². The minimum atomic E-state index is -0.964. The number of rotatable bonds is 9. The third-order valence-electron chi connectivity index (χ3n) is 7.85. The molecule has 2 aliphatic rings. The third-order valence-corrected chi connectivity index (χ3v) is 7.85. The van der Waals surface area contributed by atoms with Crippen molar-refractivity contribution in [1.82, 2.24) is 19.9 Å². The van der Waals surface area contributed by atoms with E-state index in [4.69, 9.17) is 4.98 Å². The van der Waals surface area contributed by atoms with E-state index in [1.54, 1.807) is 20.0 Å². The van der Waals surface area contributed by atoms with E-state index in [2.05, 4.69) is 34.0 Å². The molecule has 1 aliphatic carbocycles. The Morgan fingerprint density at radius 2 is 1.92 bits per heavy atom. The number of nitrogens with one attached hydrogen (secondary N) is 1. The van der Waals surface area contributed by atoms with Gasteiger partial charge in [0.15, 0.2) is 0 Å². The van der Waals surface area contributed by atoms with E-state index in [-0.39, 0.29) is 11.5 Å².